The summed E-state index contributed by atoms with van der Waals surface area (Å²) >= 11 is 0. The monoisotopic (exact) mass is 350 g/mol. The maximum atomic E-state index is 12.5. The zero-order chi connectivity index (χ0) is 18.1. The summed E-state index contributed by atoms with van der Waals surface area (Å²) in [4.78, 5) is 26.6. The lowest BCUT2D eigenvalue weighted by Crippen LogP contribution is -2.43. The molecule has 2 aliphatic rings. The second-order valence-corrected chi connectivity index (χ2v) is 7.07. The zero-order valence-electron chi connectivity index (χ0n) is 14.8. The Kier molecular flexibility index (Phi) is 4.47. The van der Waals surface area contributed by atoms with E-state index in [0.717, 1.165) is 19.6 Å². The molecule has 1 amide bonds. The van der Waals surface area contributed by atoms with Crippen LogP contribution in [0, 0.1) is 5.92 Å². The van der Waals surface area contributed by atoms with E-state index in [1.54, 1.807) is 36.4 Å². The summed E-state index contributed by atoms with van der Waals surface area (Å²) in [6.45, 7) is 4.74. The van der Waals surface area contributed by atoms with Gasteiger partial charge in [-0.05, 0) is 62.2 Å². The first-order chi connectivity index (χ1) is 12.6. The van der Waals surface area contributed by atoms with Crippen molar-refractivity contribution >= 4 is 11.7 Å². The van der Waals surface area contributed by atoms with Gasteiger partial charge in [0.25, 0.3) is 5.91 Å². The predicted octanol–water partition coefficient (Wildman–Crippen LogP) is 3.12. The number of rotatable bonds is 5. The van der Waals surface area contributed by atoms with E-state index in [9.17, 15) is 9.59 Å². The highest BCUT2D eigenvalue weighted by Gasteiger charge is 2.38. The summed E-state index contributed by atoms with van der Waals surface area (Å²) in [5, 5.41) is 3.15. The molecule has 2 fully saturated rings. The van der Waals surface area contributed by atoms with E-state index < -0.39 is 0 Å². The van der Waals surface area contributed by atoms with Crippen LogP contribution in [0.5, 0.6) is 11.5 Å². The normalized spacial score (nSPS) is 23.7. The lowest BCUT2D eigenvalue weighted by molar-refractivity contribution is 0.0923. The fourth-order valence-electron chi connectivity index (χ4n) is 3.85. The van der Waals surface area contributed by atoms with E-state index in [1.165, 1.54) is 13.3 Å². The van der Waals surface area contributed by atoms with Gasteiger partial charge in [0.15, 0.2) is 5.78 Å². The Bertz CT molecular complexity index is 831. The zero-order valence-corrected chi connectivity index (χ0v) is 14.8. The summed E-state index contributed by atoms with van der Waals surface area (Å²) in [5.41, 5.74) is 1.16. The van der Waals surface area contributed by atoms with Crippen molar-refractivity contribution in [1.29, 1.82) is 0 Å². The molecular weight excluding hydrogens is 328 g/mol. The number of carbonyl (C=O) groups excluding carboxylic acids is 2. The van der Waals surface area contributed by atoms with Crippen LogP contribution in [0.25, 0.3) is 0 Å². The number of ether oxygens (including phenoxy) is 1. The highest BCUT2D eigenvalue weighted by atomic mass is 16.5. The lowest BCUT2D eigenvalue weighted by Gasteiger charge is -2.23. The third-order valence-electron chi connectivity index (χ3n) is 5.26. The number of hydrogen-bond acceptors (Lipinski definition) is 4. The average molecular weight is 350 g/mol. The van der Waals surface area contributed by atoms with Gasteiger partial charge in [-0.1, -0.05) is 12.1 Å². The van der Waals surface area contributed by atoms with Gasteiger partial charge in [-0.25, -0.2) is 0 Å². The van der Waals surface area contributed by atoms with Crippen molar-refractivity contribution in [2.45, 2.75) is 19.4 Å². The van der Waals surface area contributed by atoms with Crippen LogP contribution in [-0.2, 0) is 0 Å². The van der Waals surface area contributed by atoms with Gasteiger partial charge in [-0.2, -0.15) is 0 Å². The summed E-state index contributed by atoms with van der Waals surface area (Å²) in [6.07, 6.45) is 1.17. The fourth-order valence-corrected chi connectivity index (χ4v) is 3.85. The fraction of sp³-hybridized carbons (Fsp3) is 0.333. The smallest absolute Gasteiger partial charge is 0.251 e. The first kappa shape index (κ1) is 16.8. The van der Waals surface area contributed by atoms with Crippen LogP contribution in [0.2, 0.25) is 0 Å². The molecule has 2 unspecified atom stereocenters. The van der Waals surface area contributed by atoms with Crippen molar-refractivity contribution < 1.29 is 14.3 Å². The molecule has 3 atom stereocenters. The Morgan fingerprint density at radius 3 is 2.50 bits per heavy atom. The molecule has 0 aliphatic carbocycles. The maximum absolute atomic E-state index is 12.5. The van der Waals surface area contributed by atoms with Gasteiger partial charge in [0, 0.05) is 24.7 Å². The van der Waals surface area contributed by atoms with Gasteiger partial charge in [-0.3, -0.25) is 9.59 Å². The minimum Gasteiger partial charge on any atom is -0.457 e. The number of Topliss-reactive ketones (excluding diaryl/α,β-unsaturated/α-hetero) is 1. The van der Waals surface area contributed by atoms with Crippen molar-refractivity contribution in [3.8, 4) is 11.5 Å². The van der Waals surface area contributed by atoms with Crippen molar-refractivity contribution in [2.24, 2.45) is 5.92 Å². The van der Waals surface area contributed by atoms with Crippen LogP contribution in [0.1, 0.15) is 34.1 Å². The Morgan fingerprint density at radius 1 is 1.08 bits per heavy atom. The molecule has 134 valence electrons. The van der Waals surface area contributed by atoms with Crippen LogP contribution in [-0.4, -0.2) is 42.3 Å². The lowest BCUT2D eigenvalue weighted by atomic mass is 9.99. The number of benzene rings is 2. The van der Waals surface area contributed by atoms with Crippen molar-refractivity contribution in [3.05, 3.63) is 59.7 Å². The van der Waals surface area contributed by atoms with Gasteiger partial charge in [0.05, 0.1) is 5.56 Å². The van der Waals surface area contributed by atoms with E-state index in [1.807, 2.05) is 12.1 Å². The molecule has 5 heteroatoms. The summed E-state index contributed by atoms with van der Waals surface area (Å²) in [5.74, 6) is 1.62. The quantitative estimate of drug-likeness (QED) is 0.842. The number of nitrogens with one attached hydrogen (secondary N) is 1. The molecule has 0 spiro atoms. The number of fused-ring (bicyclic) bond motifs is 2. The molecule has 0 saturated carbocycles. The molecule has 2 heterocycles. The molecule has 0 aromatic heterocycles. The third kappa shape index (κ3) is 3.35. The molecule has 0 radical (unpaired) electrons. The van der Waals surface area contributed by atoms with Gasteiger partial charge in [0.1, 0.15) is 11.5 Å². The van der Waals surface area contributed by atoms with Crippen molar-refractivity contribution in [2.75, 3.05) is 19.6 Å². The van der Waals surface area contributed by atoms with Crippen LogP contribution in [0.3, 0.4) is 0 Å². The van der Waals surface area contributed by atoms with Gasteiger partial charge in [-0.15, -0.1) is 0 Å². The Balaban J connectivity index is 1.42. The summed E-state index contributed by atoms with van der Waals surface area (Å²) in [7, 11) is 0. The molecular formula is C21H22N2O3. The van der Waals surface area contributed by atoms with Gasteiger partial charge in [0.2, 0.25) is 0 Å². The van der Waals surface area contributed by atoms with Crippen molar-refractivity contribution in [1.82, 2.24) is 10.2 Å². The van der Waals surface area contributed by atoms with Crippen LogP contribution >= 0.6 is 0 Å². The number of nitrogens with zero attached hydrogens (tertiary/aromatic N) is 1. The highest BCUT2D eigenvalue weighted by Crippen LogP contribution is 2.28. The molecule has 5 nitrogen and oxygen atoms in total. The number of amides is 1. The van der Waals surface area contributed by atoms with E-state index in [0.29, 0.717) is 28.5 Å². The van der Waals surface area contributed by atoms with E-state index in [-0.39, 0.29) is 17.7 Å². The Hall–Kier alpha value is -2.66. The number of para-hydroxylation sites is 1. The van der Waals surface area contributed by atoms with Crippen molar-refractivity contribution in [3.63, 3.8) is 0 Å². The first-order valence-electron chi connectivity index (χ1n) is 9.01. The van der Waals surface area contributed by atoms with Crippen LogP contribution in [0.4, 0.5) is 0 Å². The first-order valence-corrected chi connectivity index (χ1v) is 9.01. The summed E-state index contributed by atoms with van der Waals surface area (Å²) < 4.78 is 5.82. The van der Waals surface area contributed by atoms with E-state index in [2.05, 4.69) is 10.2 Å². The van der Waals surface area contributed by atoms with E-state index >= 15 is 0 Å². The highest BCUT2D eigenvalue weighted by molar-refractivity contribution is 5.97. The maximum Gasteiger partial charge on any atom is 0.251 e. The molecule has 2 bridgehead atoms. The number of ketones is 1. The minimum absolute atomic E-state index is 0.0422. The average Bonchev–Trinajstić information content (AvgIpc) is 3.25. The molecule has 2 saturated heterocycles. The molecule has 26 heavy (non-hydrogen) atoms. The number of hydrogen-bond donors (Lipinski definition) is 1. The van der Waals surface area contributed by atoms with Gasteiger partial charge < -0.3 is 15.0 Å². The second kappa shape index (κ2) is 6.92. The second-order valence-electron chi connectivity index (χ2n) is 7.07. The molecule has 1 N–H and O–H groups in total. The largest absolute Gasteiger partial charge is 0.457 e. The Morgan fingerprint density at radius 2 is 1.85 bits per heavy atom. The topological polar surface area (TPSA) is 58.6 Å². The van der Waals surface area contributed by atoms with Gasteiger partial charge >= 0.3 is 0 Å². The standard InChI is InChI=1S/C21H22N2O3/c1-14(24)18-4-2-3-5-20(18)26-17-8-6-15(7-9-17)21(25)22-19-13-23-11-10-16(19)12-23/h2-9,16,19H,10-13H2,1H3,(H,22,25)/t16-,19?/m0/s1. The minimum atomic E-state index is -0.0433. The van der Waals surface area contributed by atoms with Crippen LogP contribution in [0.15, 0.2) is 48.5 Å². The Labute approximate surface area is 153 Å². The molecule has 2 aliphatic heterocycles. The molecule has 2 aromatic carbocycles. The molecule has 2 aromatic rings. The van der Waals surface area contributed by atoms with Crippen LogP contribution < -0.4 is 10.1 Å². The summed E-state index contributed by atoms with van der Waals surface area (Å²) in [6, 6.07) is 14.4. The SMILES string of the molecule is CC(=O)c1ccccc1Oc1ccc(C(=O)NC2CN3CC[C@H]2C3)cc1. The number of carbonyl (C=O) groups is 2. The number of piperidine rings is 1. The third-order valence-corrected chi connectivity index (χ3v) is 5.26. The van der Waals surface area contributed by atoms with E-state index in [4.69, 9.17) is 4.74 Å². The predicted molar refractivity (Wildman–Crippen MR) is 98.8 cm³/mol. The molecule has 4 rings (SSSR count).